The van der Waals surface area contributed by atoms with Gasteiger partial charge >= 0.3 is 0 Å². The van der Waals surface area contributed by atoms with Crippen molar-refractivity contribution in [2.24, 2.45) is 0 Å². The number of halogens is 1. The van der Waals surface area contributed by atoms with Crippen molar-refractivity contribution in [3.05, 3.63) is 65.0 Å². The van der Waals surface area contributed by atoms with Gasteiger partial charge in [0.2, 0.25) is 0 Å². The van der Waals surface area contributed by atoms with Gasteiger partial charge in [0.15, 0.2) is 6.10 Å². The molecular formula is C22H26FNO2. The third-order valence-corrected chi connectivity index (χ3v) is 5.00. The highest BCUT2D eigenvalue weighted by atomic mass is 19.1. The van der Waals surface area contributed by atoms with Crippen molar-refractivity contribution in [2.75, 3.05) is 0 Å². The lowest BCUT2D eigenvalue weighted by Gasteiger charge is -2.23. The molecule has 0 radical (unpaired) electrons. The molecule has 1 aliphatic carbocycles. The van der Waals surface area contributed by atoms with Crippen LogP contribution >= 0.6 is 0 Å². The standard InChI is InChI=1S/C22H26FNO2/c1-3-21(18-9-8-16-6-4-5-7-17(16)14-18)24-22(25)15(2)26-20-12-10-19(23)11-13-20/h8-15,21H,3-7H2,1-2H3,(H,24,25)/t15-,21-/m1/s1. The van der Waals surface area contributed by atoms with E-state index in [1.807, 2.05) is 0 Å². The van der Waals surface area contributed by atoms with E-state index >= 15 is 0 Å². The highest BCUT2D eigenvalue weighted by Gasteiger charge is 2.20. The highest BCUT2D eigenvalue weighted by Crippen LogP contribution is 2.26. The van der Waals surface area contributed by atoms with Crippen molar-refractivity contribution < 1.29 is 13.9 Å². The molecule has 0 saturated carbocycles. The Hall–Kier alpha value is -2.36. The van der Waals surface area contributed by atoms with E-state index in [2.05, 4.69) is 30.4 Å². The summed E-state index contributed by atoms with van der Waals surface area (Å²) in [7, 11) is 0. The lowest BCUT2D eigenvalue weighted by Crippen LogP contribution is -2.38. The molecule has 0 aliphatic heterocycles. The number of aryl methyl sites for hydroxylation is 2. The molecule has 0 bridgehead atoms. The van der Waals surface area contributed by atoms with Crippen LogP contribution in [-0.2, 0) is 17.6 Å². The van der Waals surface area contributed by atoms with Crippen molar-refractivity contribution in [2.45, 2.75) is 58.1 Å². The molecule has 1 amide bonds. The van der Waals surface area contributed by atoms with E-state index in [0.717, 1.165) is 24.8 Å². The number of benzene rings is 2. The number of hydrogen-bond acceptors (Lipinski definition) is 2. The van der Waals surface area contributed by atoms with Crippen molar-refractivity contribution in [3.8, 4) is 5.75 Å². The summed E-state index contributed by atoms with van der Waals surface area (Å²) in [6.45, 7) is 3.77. The van der Waals surface area contributed by atoms with Gasteiger partial charge in [0, 0.05) is 0 Å². The number of ether oxygens (including phenoxy) is 1. The fraction of sp³-hybridized carbons (Fsp3) is 0.409. The zero-order valence-electron chi connectivity index (χ0n) is 15.4. The van der Waals surface area contributed by atoms with Gasteiger partial charge in [-0.3, -0.25) is 4.79 Å². The minimum Gasteiger partial charge on any atom is -0.481 e. The minimum atomic E-state index is -0.646. The van der Waals surface area contributed by atoms with E-state index in [-0.39, 0.29) is 17.8 Å². The number of hydrogen-bond donors (Lipinski definition) is 1. The molecule has 0 unspecified atom stereocenters. The van der Waals surface area contributed by atoms with Crippen molar-refractivity contribution >= 4 is 5.91 Å². The molecule has 0 saturated heterocycles. The van der Waals surface area contributed by atoms with E-state index < -0.39 is 6.10 Å². The summed E-state index contributed by atoms with van der Waals surface area (Å²) in [5, 5.41) is 3.08. The minimum absolute atomic E-state index is 0.0333. The average molecular weight is 355 g/mol. The molecule has 138 valence electrons. The van der Waals surface area contributed by atoms with Crippen LogP contribution in [0.4, 0.5) is 4.39 Å². The molecule has 2 aromatic rings. The molecule has 4 heteroatoms. The summed E-state index contributed by atoms with van der Waals surface area (Å²) in [5.74, 6) is -0.0114. The zero-order chi connectivity index (χ0) is 18.5. The van der Waals surface area contributed by atoms with E-state index in [4.69, 9.17) is 4.74 Å². The van der Waals surface area contributed by atoms with E-state index in [9.17, 15) is 9.18 Å². The van der Waals surface area contributed by atoms with Gasteiger partial charge in [0.25, 0.3) is 5.91 Å². The van der Waals surface area contributed by atoms with E-state index in [1.165, 1.54) is 48.2 Å². The van der Waals surface area contributed by atoms with Gasteiger partial charge in [0.05, 0.1) is 6.04 Å². The van der Waals surface area contributed by atoms with Gasteiger partial charge in [0.1, 0.15) is 11.6 Å². The summed E-state index contributed by atoms with van der Waals surface area (Å²) in [6, 6.07) is 12.2. The molecule has 3 rings (SSSR count). The van der Waals surface area contributed by atoms with Crippen molar-refractivity contribution in [1.82, 2.24) is 5.32 Å². The van der Waals surface area contributed by atoms with E-state index in [0.29, 0.717) is 5.75 Å². The number of carbonyl (C=O) groups excluding carboxylic acids is 1. The number of carbonyl (C=O) groups is 1. The molecule has 0 heterocycles. The number of nitrogens with one attached hydrogen (secondary N) is 1. The maximum absolute atomic E-state index is 13.0. The molecule has 0 spiro atoms. The van der Waals surface area contributed by atoms with Crippen LogP contribution in [0.15, 0.2) is 42.5 Å². The Morgan fingerprint density at radius 1 is 1.12 bits per heavy atom. The zero-order valence-corrected chi connectivity index (χ0v) is 15.4. The van der Waals surface area contributed by atoms with Crippen LogP contribution in [0.25, 0.3) is 0 Å². The molecule has 1 N–H and O–H groups in total. The van der Waals surface area contributed by atoms with Crippen LogP contribution in [0.2, 0.25) is 0 Å². The van der Waals surface area contributed by atoms with Crippen LogP contribution < -0.4 is 10.1 Å². The molecule has 2 atom stereocenters. The first-order valence-electron chi connectivity index (χ1n) is 9.41. The predicted molar refractivity (Wildman–Crippen MR) is 101 cm³/mol. The molecule has 26 heavy (non-hydrogen) atoms. The van der Waals surface area contributed by atoms with Crippen molar-refractivity contribution in [1.29, 1.82) is 0 Å². The third kappa shape index (κ3) is 4.43. The van der Waals surface area contributed by atoms with Gasteiger partial charge in [-0.2, -0.15) is 0 Å². The molecular weight excluding hydrogens is 329 g/mol. The average Bonchev–Trinajstić information content (AvgIpc) is 2.67. The van der Waals surface area contributed by atoms with Crippen LogP contribution in [0, 0.1) is 5.82 Å². The Morgan fingerprint density at radius 3 is 2.50 bits per heavy atom. The van der Waals surface area contributed by atoms with Crippen LogP contribution in [0.3, 0.4) is 0 Å². The van der Waals surface area contributed by atoms with Gasteiger partial charge < -0.3 is 10.1 Å². The molecule has 1 aliphatic rings. The first-order chi connectivity index (χ1) is 12.6. The Bertz CT molecular complexity index is 757. The lowest BCUT2D eigenvalue weighted by molar-refractivity contribution is -0.128. The first kappa shape index (κ1) is 18.4. The molecule has 2 aromatic carbocycles. The third-order valence-electron chi connectivity index (χ3n) is 5.00. The summed E-state index contributed by atoms with van der Waals surface area (Å²) >= 11 is 0. The topological polar surface area (TPSA) is 38.3 Å². The van der Waals surface area contributed by atoms with Gasteiger partial charge in [-0.25, -0.2) is 4.39 Å². The van der Waals surface area contributed by atoms with Crippen LogP contribution in [0.1, 0.15) is 55.8 Å². The maximum atomic E-state index is 13.0. The molecule has 0 fully saturated rings. The van der Waals surface area contributed by atoms with E-state index in [1.54, 1.807) is 6.92 Å². The maximum Gasteiger partial charge on any atom is 0.261 e. The molecule has 0 aromatic heterocycles. The summed E-state index contributed by atoms with van der Waals surface area (Å²) in [5.41, 5.74) is 4.00. The van der Waals surface area contributed by atoms with Crippen molar-refractivity contribution in [3.63, 3.8) is 0 Å². The second kappa shape index (κ2) is 8.35. The normalized spacial score (nSPS) is 15.7. The SMILES string of the molecule is CC[C@@H](NC(=O)[C@@H](C)Oc1ccc(F)cc1)c1ccc2c(c1)CCCC2. The quantitative estimate of drug-likeness (QED) is 0.813. The summed E-state index contributed by atoms with van der Waals surface area (Å²) in [6.07, 6.45) is 4.94. The number of fused-ring (bicyclic) bond motifs is 1. The second-order valence-electron chi connectivity index (χ2n) is 6.92. The Morgan fingerprint density at radius 2 is 1.81 bits per heavy atom. The Balaban J connectivity index is 1.65. The highest BCUT2D eigenvalue weighted by molar-refractivity contribution is 5.81. The van der Waals surface area contributed by atoms with Crippen LogP contribution in [-0.4, -0.2) is 12.0 Å². The summed E-state index contributed by atoms with van der Waals surface area (Å²) in [4.78, 5) is 12.5. The number of rotatable bonds is 6. The smallest absolute Gasteiger partial charge is 0.261 e. The summed E-state index contributed by atoms with van der Waals surface area (Å²) < 4.78 is 18.6. The van der Waals surface area contributed by atoms with Gasteiger partial charge in [-0.15, -0.1) is 0 Å². The lowest BCUT2D eigenvalue weighted by atomic mass is 9.89. The Labute approximate surface area is 154 Å². The number of amides is 1. The largest absolute Gasteiger partial charge is 0.481 e. The Kier molecular flexibility index (Phi) is 5.92. The second-order valence-corrected chi connectivity index (χ2v) is 6.92. The predicted octanol–water partition coefficient (Wildman–Crippen LogP) is 4.74. The fourth-order valence-electron chi connectivity index (χ4n) is 3.45. The van der Waals surface area contributed by atoms with Gasteiger partial charge in [-0.05, 0) is 80.0 Å². The first-order valence-corrected chi connectivity index (χ1v) is 9.41. The monoisotopic (exact) mass is 355 g/mol. The van der Waals surface area contributed by atoms with Crippen LogP contribution in [0.5, 0.6) is 5.75 Å². The fourth-order valence-corrected chi connectivity index (χ4v) is 3.45. The van der Waals surface area contributed by atoms with Gasteiger partial charge in [-0.1, -0.05) is 25.1 Å². The molecule has 3 nitrogen and oxygen atoms in total.